The highest BCUT2D eigenvalue weighted by Crippen LogP contribution is 2.36. The molecule has 2 aromatic heterocycles. The van der Waals surface area contributed by atoms with Crippen molar-refractivity contribution >= 4 is 38.4 Å². The third-order valence-corrected chi connectivity index (χ3v) is 3.37. The van der Waals surface area contributed by atoms with Gasteiger partial charge in [-0.25, -0.2) is 0 Å². The second-order valence-electron chi connectivity index (χ2n) is 4.45. The van der Waals surface area contributed by atoms with Crippen LogP contribution in [0.2, 0.25) is 0 Å². The molecule has 1 aromatic carbocycles. The zero-order valence-electron chi connectivity index (χ0n) is 10.9. The molecule has 8 heteroatoms. The van der Waals surface area contributed by atoms with Crippen molar-refractivity contribution in [1.82, 2.24) is 15.2 Å². The van der Waals surface area contributed by atoms with Gasteiger partial charge in [0.15, 0.2) is 11.4 Å². The van der Waals surface area contributed by atoms with Gasteiger partial charge in [-0.2, -0.15) is 5.10 Å². The first-order valence-electron chi connectivity index (χ1n) is 6.03. The van der Waals surface area contributed by atoms with Gasteiger partial charge in [0.25, 0.3) is 0 Å². The third kappa shape index (κ3) is 2.57. The predicted octanol–water partition coefficient (Wildman–Crippen LogP) is 3.59. The summed E-state index contributed by atoms with van der Waals surface area (Å²) in [6.45, 7) is 1.78. The second kappa shape index (κ2) is 5.13. The number of hydrogen-bond acceptors (Lipinski definition) is 4. The summed E-state index contributed by atoms with van der Waals surface area (Å²) in [5.74, 6) is -0.721. The van der Waals surface area contributed by atoms with E-state index in [1.807, 2.05) is 6.07 Å². The third-order valence-electron chi connectivity index (χ3n) is 2.88. The van der Waals surface area contributed by atoms with Crippen molar-refractivity contribution in [3.8, 4) is 5.88 Å². The van der Waals surface area contributed by atoms with E-state index < -0.39 is 5.91 Å². The molecule has 0 fully saturated rings. The number of aromatic hydroxyl groups is 1. The van der Waals surface area contributed by atoms with E-state index in [1.165, 1.54) is 0 Å². The van der Waals surface area contributed by atoms with Gasteiger partial charge < -0.3 is 10.1 Å². The van der Waals surface area contributed by atoms with Crippen LogP contribution in [0.3, 0.4) is 0 Å². The maximum absolute atomic E-state index is 11.8. The van der Waals surface area contributed by atoms with Gasteiger partial charge in [0.1, 0.15) is 0 Å². The molecule has 0 atom stereocenters. The Bertz CT molecular complexity index is 865. The number of nitrogens with one attached hydrogen (secondary N) is 2. The Kier molecular flexibility index (Phi) is 3.30. The fourth-order valence-electron chi connectivity index (χ4n) is 1.91. The predicted molar refractivity (Wildman–Crippen MR) is 79.8 cm³/mol. The molecule has 3 N–H and O–H groups in total. The van der Waals surface area contributed by atoms with E-state index in [1.54, 1.807) is 25.1 Å². The lowest BCUT2D eigenvalue weighted by atomic mass is 10.2. The van der Waals surface area contributed by atoms with E-state index in [-0.39, 0.29) is 17.3 Å². The van der Waals surface area contributed by atoms with Crippen LogP contribution in [0, 0.1) is 6.92 Å². The minimum Gasteiger partial charge on any atom is -0.493 e. The van der Waals surface area contributed by atoms with E-state index in [0.717, 1.165) is 10.2 Å². The van der Waals surface area contributed by atoms with Crippen molar-refractivity contribution < 1.29 is 9.90 Å². The first-order valence-corrected chi connectivity index (χ1v) is 6.82. The molecule has 2 heterocycles. The molecular weight excluding hydrogens is 338 g/mol. The lowest BCUT2D eigenvalue weighted by molar-refractivity contribution is 0.0990. The molecule has 0 radical (unpaired) electrons. The number of halogens is 1. The fraction of sp³-hybridized carbons (Fsp3) is 0.0769. The Balaban J connectivity index is 1.97. The minimum absolute atomic E-state index is 0.141. The van der Waals surface area contributed by atoms with E-state index in [4.69, 9.17) is 0 Å². The number of amides is 1. The SMILES string of the molecule is Cc1cc(C(=O)N=Nc2c(O)[nH]c3ccc(Br)cc23)n[nH]1. The van der Waals surface area contributed by atoms with Crippen molar-refractivity contribution in [2.24, 2.45) is 10.2 Å². The summed E-state index contributed by atoms with van der Waals surface area (Å²) in [6, 6.07) is 6.98. The van der Waals surface area contributed by atoms with E-state index >= 15 is 0 Å². The minimum atomic E-state index is -0.580. The Labute approximate surface area is 127 Å². The molecule has 1 amide bonds. The molecule has 0 unspecified atom stereocenters. The summed E-state index contributed by atoms with van der Waals surface area (Å²) < 4.78 is 0.833. The molecule has 0 aliphatic heterocycles. The highest BCUT2D eigenvalue weighted by Gasteiger charge is 2.13. The smallest absolute Gasteiger partial charge is 0.315 e. The van der Waals surface area contributed by atoms with Crippen LogP contribution in [0.25, 0.3) is 10.9 Å². The number of nitrogens with zero attached hydrogens (tertiary/aromatic N) is 3. The van der Waals surface area contributed by atoms with E-state index in [2.05, 4.69) is 41.3 Å². The van der Waals surface area contributed by atoms with Crippen LogP contribution < -0.4 is 0 Å². The number of fused-ring (bicyclic) bond motifs is 1. The van der Waals surface area contributed by atoms with Gasteiger partial charge in [-0.1, -0.05) is 15.9 Å². The van der Waals surface area contributed by atoms with Crippen molar-refractivity contribution in [2.45, 2.75) is 6.92 Å². The van der Waals surface area contributed by atoms with Crippen LogP contribution >= 0.6 is 15.9 Å². The summed E-state index contributed by atoms with van der Waals surface area (Å²) in [5.41, 5.74) is 1.85. The van der Waals surface area contributed by atoms with Crippen molar-refractivity contribution in [3.63, 3.8) is 0 Å². The average Bonchev–Trinajstić information content (AvgIpc) is 3.00. The van der Waals surface area contributed by atoms with Crippen LogP contribution in [-0.2, 0) is 0 Å². The zero-order chi connectivity index (χ0) is 15.0. The van der Waals surface area contributed by atoms with Crippen LogP contribution in [0.15, 0.2) is 39.0 Å². The molecule has 106 valence electrons. The topological polar surface area (TPSA) is 106 Å². The molecule has 0 aliphatic rings. The van der Waals surface area contributed by atoms with Gasteiger partial charge in [0, 0.05) is 15.6 Å². The quantitative estimate of drug-likeness (QED) is 0.616. The summed E-state index contributed by atoms with van der Waals surface area (Å²) >= 11 is 3.35. The zero-order valence-corrected chi connectivity index (χ0v) is 12.5. The molecular formula is C13H10BrN5O2. The molecule has 7 nitrogen and oxygen atoms in total. The molecule has 0 spiro atoms. The number of rotatable bonds is 2. The number of azo groups is 1. The Morgan fingerprint density at radius 2 is 2.19 bits per heavy atom. The maximum Gasteiger partial charge on any atom is 0.315 e. The number of carbonyl (C=O) groups excluding carboxylic acids is 1. The maximum atomic E-state index is 11.8. The van der Waals surface area contributed by atoms with Crippen LogP contribution in [-0.4, -0.2) is 26.2 Å². The molecule has 0 aliphatic carbocycles. The standard InChI is InChI=1S/C13H10BrN5O2/c1-6-4-10(17-16-6)12(20)19-18-11-8-5-7(14)2-3-9(8)15-13(11)21/h2-5,15,21H,1H3,(H,16,17). The van der Waals surface area contributed by atoms with Crippen molar-refractivity contribution in [2.75, 3.05) is 0 Å². The van der Waals surface area contributed by atoms with Gasteiger partial charge in [-0.15, -0.1) is 10.2 Å². The summed E-state index contributed by atoms with van der Waals surface area (Å²) in [6.07, 6.45) is 0. The first kappa shape index (κ1) is 13.5. The number of aromatic amines is 2. The lowest BCUT2D eigenvalue weighted by Gasteiger charge is -1.92. The van der Waals surface area contributed by atoms with E-state index in [0.29, 0.717) is 10.9 Å². The second-order valence-corrected chi connectivity index (χ2v) is 5.37. The largest absolute Gasteiger partial charge is 0.493 e. The number of aryl methyl sites for hydroxylation is 1. The fourth-order valence-corrected chi connectivity index (χ4v) is 2.27. The average molecular weight is 348 g/mol. The lowest BCUT2D eigenvalue weighted by Crippen LogP contribution is -1.93. The number of benzene rings is 1. The molecule has 21 heavy (non-hydrogen) atoms. The van der Waals surface area contributed by atoms with Crippen LogP contribution in [0.4, 0.5) is 5.69 Å². The summed E-state index contributed by atoms with van der Waals surface area (Å²) in [7, 11) is 0. The summed E-state index contributed by atoms with van der Waals surface area (Å²) in [5, 5.41) is 24.4. The molecule has 3 rings (SSSR count). The number of H-pyrrole nitrogens is 2. The summed E-state index contributed by atoms with van der Waals surface area (Å²) in [4.78, 5) is 14.6. The van der Waals surface area contributed by atoms with Gasteiger partial charge >= 0.3 is 5.91 Å². The van der Waals surface area contributed by atoms with E-state index in [9.17, 15) is 9.90 Å². The van der Waals surface area contributed by atoms with Gasteiger partial charge in [-0.3, -0.25) is 9.89 Å². The number of hydrogen-bond donors (Lipinski definition) is 3. The van der Waals surface area contributed by atoms with Gasteiger partial charge in [0.2, 0.25) is 5.88 Å². The molecule has 0 bridgehead atoms. The number of aromatic nitrogens is 3. The molecule has 0 saturated carbocycles. The van der Waals surface area contributed by atoms with Crippen LogP contribution in [0.1, 0.15) is 16.2 Å². The first-order chi connectivity index (χ1) is 10.0. The Morgan fingerprint density at radius 1 is 1.38 bits per heavy atom. The Hall–Kier alpha value is -2.48. The Morgan fingerprint density at radius 3 is 2.90 bits per heavy atom. The van der Waals surface area contributed by atoms with Gasteiger partial charge in [-0.05, 0) is 31.2 Å². The molecule has 3 aromatic rings. The monoisotopic (exact) mass is 347 g/mol. The van der Waals surface area contributed by atoms with Crippen LogP contribution in [0.5, 0.6) is 5.88 Å². The number of carbonyl (C=O) groups is 1. The molecule has 0 saturated heterocycles. The van der Waals surface area contributed by atoms with Gasteiger partial charge in [0.05, 0.1) is 5.52 Å². The van der Waals surface area contributed by atoms with Crippen molar-refractivity contribution in [3.05, 3.63) is 40.1 Å². The normalized spacial score (nSPS) is 11.5. The van der Waals surface area contributed by atoms with Crippen molar-refractivity contribution in [1.29, 1.82) is 0 Å². The highest BCUT2D eigenvalue weighted by molar-refractivity contribution is 9.10. The highest BCUT2D eigenvalue weighted by atomic mass is 79.9.